The summed E-state index contributed by atoms with van der Waals surface area (Å²) >= 11 is 0. The summed E-state index contributed by atoms with van der Waals surface area (Å²) in [6.07, 6.45) is 1.76. The second-order valence-electron chi connectivity index (χ2n) is 10.4. The fourth-order valence-electron chi connectivity index (χ4n) is 3.09. The molecule has 2 atom stereocenters. The highest BCUT2D eigenvalue weighted by Crippen LogP contribution is 2.24. The summed E-state index contributed by atoms with van der Waals surface area (Å²) in [4.78, 5) is 39.9. The van der Waals surface area contributed by atoms with Crippen molar-refractivity contribution >= 4 is 17.9 Å². The summed E-state index contributed by atoms with van der Waals surface area (Å²) in [5.74, 6) is -0.568. The molecule has 0 rings (SSSR count). The highest BCUT2D eigenvalue weighted by molar-refractivity contribution is 5.89. The number of hydrogen-bond donors (Lipinski definition) is 2. The van der Waals surface area contributed by atoms with Crippen molar-refractivity contribution in [3.05, 3.63) is 11.6 Å². The van der Waals surface area contributed by atoms with Gasteiger partial charge in [0.15, 0.2) is 0 Å². The largest absolute Gasteiger partial charge is 0.463 e. The lowest BCUT2D eigenvalue weighted by atomic mass is 9.85. The van der Waals surface area contributed by atoms with Crippen LogP contribution in [0.2, 0.25) is 0 Å². The summed E-state index contributed by atoms with van der Waals surface area (Å²) < 4.78 is 5.06. The maximum Gasteiger partial charge on any atom is 0.333 e. The van der Waals surface area contributed by atoms with Gasteiger partial charge in [-0.25, -0.2) is 15.0 Å². The van der Waals surface area contributed by atoms with Crippen molar-refractivity contribution in [3.8, 4) is 0 Å². The molecule has 0 fully saturated rings. The number of nitrogens with zero attached hydrogens (tertiary/aromatic N) is 2. The molecule has 0 aliphatic carbocycles. The van der Waals surface area contributed by atoms with E-state index in [0.29, 0.717) is 12.2 Å². The number of carbonyl (C=O) groups excluding carboxylic acids is 3. The molecule has 0 aliphatic rings. The van der Waals surface area contributed by atoms with Crippen LogP contribution in [-0.4, -0.2) is 66.1 Å². The smallest absolute Gasteiger partial charge is 0.333 e. The van der Waals surface area contributed by atoms with E-state index in [1.54, 1.807) is 38.9 Å². The normalized spacial score (nSPS) is 14.7. The monoisotopic (exact) mass is 440 g/mol. The average Bonchev–Trinajstić information content (AvgIpc) is 2.59. The number of urea groups is 1. The molecule has 0 unspecified atom stereocenters. The maximum absolute atomic E-state index is 13.5. The Morgan fingerprint density at radius 3 is 1.94 bits per heavy atom. The number of esters is 1. The van der Waals surface area contributed by atoms with Crippen molar-refractivity contribution in [1.29, 1.82) is 0 Å². The minimum absolute atomic E-state index is 0.0554. The van der Waals surface area contributed by atoms with Crippen LogP contribution in [0, 0.1) is 11.3 Å². The van der Waals surface area contributed by atoms with Crippen molar-refractivity contribution in [3.63, 3.8) is 0 Å². The highest BCUT2D eigenvalue weighted by Gasteiger charge is 2.37. The van der Waals surface area contributed by atoms with E-state index in [9.17, 15) is 14.4 Å². The molecule has 0 aromatic heterocycles. The Morgan fingerprint density at radius 1 is 1.03 bits per heavy atom. The van der Waals surface area contributed by atoms with Crippen LogP contribution >= 0.6 is 0 Å². The summed E-state index contributed by atoms with van der Waals surface area (Å²) in [5.41, 5.74) is 2.69. The van der Waals surface area contributed by atoms with Crippen LogP contribution < -0.4 is 10.7 Å². The SMILES string of the molecule is CCOC(=O)C(C)=C[C@H](C(C)C)N(C)C(=O)[C@@H](NC(=O)N(C)NC(C)(C)C)C(C)(C)C. The van der Waals surface area contributed by atoms with Gasteiger partial charge in [-0.05, 0) is 46.0 Å². The van der Waals surface area contributed by atoms with E-state index < -0.39 is 23.5 Å². The molecule has 0 saturated heterocycles. The van der Waals surface area contributed by atoms with Crippen LogP contribution in [0.15, 0.2) is 11.6 Å². The van der Waals surface area contributed by atoms with Gasteiger partial charge in [0.1, 0.15) is 6.04 Å². The van der Waals surface area contributed by atoms with Crippen molar-refractivity contribution < 1.29 is 19.1 Å². The Hall–Kier alpha value is -2.09. The van der Waals surface area contributed by atoms with Crippen LogP contribution in [0.4, 0.5) is 4.79 Å². The molecule has 8 heteroatoms. The van der Waals surface area contributed by atoms with Crippen LogP contribution in [0.25, 0.3) is 0 Å². The number of ether oxygens (including phenoxy) is 1. The molecule has 180 valence electrons. The Bertz CT molecular complexity index is 659. The first-order valence-electron chi connectivity index (χ1n) is 10.9. The van der Waals surface area contributed by atoms with E-state index in [4.69, 9.17) is 4.74 Å². The first-order valence-corrected chi connectivity index (χ1v) is 10.9. The molecule has 0 saturated carbocycles. The van der Waals surface area contributed by atoms with Crippen molar-refractivity contribution in [1.82, 2.24) is 20.7 Å². The van der Waals surface area contributed by atoms with E-state index in [1.165, 1.54) is 5.01 Å². The van der Waals surface area contributed by atoms with Gasteiger partial charge in [0.25, 0.3) is 0 Å². The van der Waals surface area contributed by atoms with E-state index in [2.05, 4.69) is 10.7 Å². The van der Waals surface area contributed by atoms with Gasteiger partial charge in [0, 0.05) is 25.2 Å². The Morgan fingerprint density at radius 2 is 1.55 bits per heavy atom. The predicted molar refractivity (Wildman–Crippen MR) is 124 cm³/mol. The first kappa shape index (κ1) is 28.9. The van der Waals surface area contributed by atoms with Crippen LogP contribution in [0.1, 0.15) is 69.2 Å². The molecular weight excluding hydrogens is 396 g/mol. The van der Waals surface area contributed by atoms with E-state index in [1.807, 2.05) is 55.4 Å². The number of nitrogens with one attached hydrogen (secondary N) is 2. The van der Waals surface area contributed by atoms with Gasteiger partial charge in [-0.3, -0.25) is 9.80 Å². The van der Waals surface area contributed by atoms with Gasteiger partial charge in [-0.15, -0.1) is 0 Å². The standard InChI is InChI=1S/C23H44N4O4/c1-13-31-20(29)16(4)14-17(15(2)3)26(11)19(28)18(22(5,6)7)24-21(30)27(12)25-23(8,9)10/h14-15,17-18,25H,13H2,1-12H3,(H,24,30)/t17-,18-/m1/s1. The number of likely N-dealkylation sites (N-methyl/N-ethyl adjacent to an activating group) is 1. The fraction of sp³-hybridized carbons (Fsp3) is 0.783. The molecule has 0 heterocycles. The zero-order valence-electron chi connectivity index (χ0n) is 21.5. The first-order chi connectivity index (χ1) is 13.9. The molecule has 0 aromatic carbocycles. The maximum atomic E-state index is 13.5. The molecule has 2 N–H and O–H groups in total. The molecular formula is C23H44N4O4. The zero-order valence-corrected chi connectivity index (χ0v) is 21.5. The van der Waals surface area contributed by atoms with Gasteiger partial charge in [-0.1, -0.05) is 40.7 Å². The second-order valence-corrected chi connectivity index (χ2v) is 10.4. The molecule has 0 radical (unpaired) electrons. The summed E-state index contributed by atoms with van der Waals surface area (Å²) in [6, 6.07) is -1.48. The quantitative estimate of drug-likeness (QED) is 0.343. The topological polar surface area (TPSA) is 91.0 Å². The molecule has 0 aliphatic heterocycles. The van der Waals surface area contributed by atoms with Gasteiger partial charge in [0.2, 0.25) is 5.91 Å². The lowest BCUT2D eigenvalue weighted by Crippen LogP contribution is -2.61. The minimum Gasteiger partial charge on any atom is -0.463 e. The molecule has 0 bridgehead atoms. The van der Waals surface area contributed by atoms with Crippen LogP contribution in [0.3, 0.4) is 0 Å². The number of hydrazine groups is 1. The van der Waals surface area contributed by atoms with Crippen molar-refractivity contribution in [2.24, 2.45) is 11.3 Å². The zero-order chi connectivity index (χ0) is 24.7. The number of carbonyl (C=O) groups is 3. The fourth-order valence-corrected chi connectivity index (χ4v) is 3.09. The lowest BCUT2D eigenvalue weighted by molar-refractivity contribution is -0.139. The van der Waals surface area contributed by atoms with Gasteiger partial charge >= 0.3 is 12.0 Å². The van der Waals surface area contributed by atoms with Crippen LogP contribution in [-0.2, 0) is 14.3 Å². The second kappa shape index (κ2) is 11.5. The molecule has 3 amide bonds. The molecule has 31 heavy (non-hydrogen) atoms. The van der Waals surface area contributed by atoms with Gasteiger partial charge < -0.3 is 15.0 Å². The minimum atomic E-state index is -0.758. The molecule has 0 spiro atoms. The van der Waals surface area contributed by atoms with E-state index >= 15 is 0 Å². The Kier molecular flexibility index (Phi) is 10.7. The summed E-state index contributed by atoms with van der Waals surface area (Å²) in [5, 5.41) is 4.23. The highest BCUT2D eigenvalue weighted by atomic mass is 16.5. The number of rotatable bonds is 8. The third kappa shape index (κ3) is 9.72. The van der Waals surface area contributed by atoms with Crippen molar-refractivity contribution in [2.75, 3.05) is 20.7 Å². The van der Waals surface area contributed by atoms with Gasteiger partial charge in [-0.2, -0.15) is 0 Å². The number of hydrogen-bond acceptors (Lipinski definition) is 5. The Labute approximate surface area is 188 Å². The van der Waals surface area contributed by atoms with E-state index in [-0.39, 0.29) is 23.4 Å². The van der Waals surface area contributed by atoms with Gasteiger partial charge in [0.05, 0.1) is 12.6 Å². The Balaban J connectivity index is 5.76. The van der Waals surface area contributed by atoms with Crippen molar-refractivity contribution in [2.45, 2.75) is 86.9 Å². The lowest BCUT2D eigenvalue weighted by Gasteiger charge is -2.38. The molecule has 8 nitrogen and oxygen atoms in total. The third-order valence-electron chi connectivity index (χ3n) is 4.68. The number of amides is 3. The average molecular weight is 441 g/mol. The molecule has 0 aromatic rings. The van der Waals surface area contributed by atoms with E-state index in [0.717, 1.165) is 0 Å². The third-order valence-corrected chi connectivity index (χ3v) is 4.68. The van der Waals surface area contributed by atoms with Crippen LogP contribution in [0.5, 0.6) is 0 Å². The predicted octanol–water partition coefficient (Wildman–Crippen LogP) is 3.34. The summed E-state index contributed by atoms with van der Waals surface area (Å²) in [6.45, 7) is 19.3. The summed E-state index contributed by atoms with van der Waals surface area (Å²) in [7, 11) is 3.32.